The molecule has 0 saturated heterocycles. The van der Waals surface area contributed by atoms with E-state index in [1.165, 1.54) is 37.7 Å². The molecule has 1 fully saturated rings. The van der Waals surface area contributed by atoms with E-state index in [-0.39, 0.29) is 0 Å². The van der Waals surface area contributed by atoms with E-state index in [2.05, 4.69) is 12.1 Å². The predicted octanol–water partition coefficient (Wildman–Crippen LogP) is 3.43. The SMILES string of the molecule is COc1ccc(CC(CO)CC2CCCC2)cc1. The van der Waals surface area contributed by atoms with Gasteiger partial charge >= 0.3 is 0 Å². The van der Waals surface area contributed by atoms with E-state index >= 15 is 0 Å². The van der Waals surface area contributed by atoms with Crippen molar-refractivity contribution in [3.8, 4) is 5.75 Å². The monoisotopic (exact) mass is 248 g/mol. The Morgan fingerprint density at radius 3 is 2.44 bits per heavy atom. The first-order chi connectivity index (χ1) is 8.81. The minimum absolute atomic E-state index is 0.308. The number of aliphatic hydroxyl groups excluding tert-OH is 1. The van der Waals surface area contributed by atoms with Gasteiger partial charge in [0.1, 0.15) is 5.75 Å². The van der Waals surface area contributed by atoms with E-state index in [0.717, 1.165) is 18.1 Å². The molecule has 1 N–H and O–H groups in total. The summed E-state index contributed by atoms with van der Waals surface area (Å²) in [4.78, 5) is 0. The van der Waals surface area contributed by atoms with E-state index < -0.39 is 0 Å². The molecule has 1 saturated carbocycles. The Balaban J connectivity index is 1.87. The van der Waals surface area contributed by atoms with Crippen molar-refractivity contribution in [3.63, 3.8) is 0 Å². The van der Waals surface area contributed by atoms with Gasteiger partial charge in [-0.05, 0) is 42.4 Å². The molecule has 1 aliphatic rings. The number of rotatable bonds is 6. The van der Waals surface area contributed by atoms with E-state index in [4.69, 9.17) is 4.74 Å². The molecule has 1 unspecified atom stereocenters. The Bertz CT molecular complexity index is 339. The van der Waals surface area contributed by atoms with Gasteiger partial charge in [-0.25, -0.2) is 0 Å². The lowest BCUT2D eigenvalue weighted by atomic mass is 9.89. The molecule has 1 aliphatic carbocycles. The molecule has 0 aromatic heterocycles. The number of hydrogen-bond acceptors (Lipinski definition) is 2. The lowest BCUT2D eigenvalue weighted by Crippen LogP contribution is -2.13. The van der Waals surface area contributed by atoms with Crippen LogP contribution in [0, 0.1) is 11.8 Å². The highest BCUT2D eigenvalue weighted by Crippen LogP contribution is 2.31. The summed E-state index contributed by atoms with van der Waals surface area (Å²) in [6, 6.07) is 8.21. The summed E-state index contributed by atoms with van der Waals surface area (Å²) in [7, 11) is 1.69. The van der Waals surface area contributed by atoms with Crippen LogP contribution in [-0.4, -0.2) is 18.8 Å². The van der Waals surface area contributed by atoms with E-state index in [0.29, 0.717) is 12.5 Å². The number of hydrogen-bond donors (Lipinski definition) is 1. The molecule has 0 amide bonds. The average Bonchev–Trinajstić information content (AvgIpc) is 2.91. The van der Waals surface area contributed by atoms with Crippen LogP contribution in [0.3, 0.4) is 0 Å². The first kappa shape index (κ1) is 13.4. The minimum Gasteiger partial charge on any atom is -0.497 e. The number of benzene rings is 1. The molecule has 0 bridgehead atoms. The van der Waals surface area contributed by atoms with Crippen molar-refractivity contribution in [2.45, 2.75) is 38.5 Å². The Kier molecular flexibility index (Phi) is 5.06. The highest BCUT2D eigenvalue weighted by Gasteiger charge is 2.19. The molecular formula is C16H24O2. The van der Waals surface area contributed by atoms with Gasteiger partial charge in [0.05, 0.1) is 7.11 Å². The second kappa shape index (κ2) is 6.79. The maximum atomic E-state index is 9.52. The van der Waals surface area contributed by atoms with Crippen LogP contribution in [-0.2, 0) is 6.42 Å². The molecular weight excluding hydrogens is 224 g/mol. The van der Waals surface area contributed by atoms with E-state index in [1.54, 1.807) is 7.11 Å². The van der Waals surface area contributed by atoms with E-state index in [1.807, 2.05) is 12.1 Å². The van der Waals surface area contributed by atoms with Crippen molar-refractivity contribution in [1.29, 1.82) is 0 Å². The molecule has 1 aromatic rings. The molecule has 0 aliphatic heterocycles. The standard InChI is InChI=1S/C16H24O2/c1-18-16-8-6-14(7-9-16)11-15(12-17)10-13-4-2-3-5-13/h6-9,13,15,17H,2-5,10-12H2,1H3. The van der Waals surface area contributed by atoms with Crippen LogP contribution in [0.2, 0.25) is 0 Å². The van der Waals surface area contributed by atoms with Crippen LogP contribution < -0.4 is 4.74 Å². The van der Waals surface area contributed by atoms with Gasteiger partial charge in [-0.2, -0.15) is 0 Å². The molecule has 2 rings (SSSR count). The second-order valence-corrected chi connectivity index (χ2v) is 5.49. The lowest BCUT2D eigenvalue weighted by molar-refractivity contribution is 0.200. The fourth-order valence-corrected chi connectivity index (χ4v) is 3.03. The smallest absolute Gasteiger partial charge is 0.118 e. The van der Waals surface area contributed by atoms with Crippen LogP contribution in [0.25, 0.3) is 0 Å². The average molecular weight is 248 g/mol. The topological polar surface area (TPSA) is 29.5 Å². The molecule has 2 heteroatoms. The van der Waals surface area contributed by atoms with E-state index in [9.17, 15) is 5.11 Å². The van der Waals surface area contributed by atoms with Crippen molar-refractivity contribution in [2.75, 3.05) is 13.7 Å². The van der Waals surface area contributed by atoms with Gasteiger partial charge in [0.2, 0.25) is 0 Å². The third-order valence-corrected chi connectivity index (χ3v) is 4.08. The maximum Gasteiger partial charge on any atom is 0.118 e. The molecule has 1 aromatic carbocycles. The van der Waals surface area contributed by atoms with Crippen LogP contribution in [0.4, 0.5) is 0 Å². The Labute approximate surface area is 110 Å². The summed E-state index contributed by atoms with van der Waals surface area (Å²) in [6.07, 6.45) is 7.65. The molecule has 0 radical (unpaired) electrons. The molecule has 1 atom stereocenters. The number of methoxy groups -OCH3 is 1. The van der Waals surface area contributed by atoms with Crippen molar-refractivity contribution >= 4 is 0 Å². The van der Waals surface area contributed by atoms with Crippen LogP contribution in [0.1, 0.15) is 37.7 Å². The van der Waals surface area contributed by atoms with Gasteiger partial charge in [0, 0.05) is 6.61 Å². The molecule has 2 nitrogen and oxygen atoms in total. The van der Waals surface area contributed by atoms with Gasteiger partial charge in [-0.15, -0.1) is 0 Å². The Morgan fingerprint density at radius 1 is 1.22 bits per heavy atom. The number of aliphatic hydroxyl groups is 1. The molecule has 18 heavy (non-hydrogen) atoms. The first-order valence-electron chi connectivity index (χ1n) is 7.05. The molecule has 100 valence electrons. The van der Waals surface area contributed by atoms with Crippen molar-refractivity contribution in [1.82, 2.24) is 0 Å². The molecule has 0 spiro atoms. The zero-order chi connectivity index (χ0) is 12.8. The summed E-state index contributed by atoms with van der Waals surface area (Å²) in [5.74, 6) is 2.16. The minimum atomic E-state index is 0.308. The fourth-order valence-electron chi connectivity index (χ4n) is 3.03. The van der Waals surface area contributed by atoms with Gasteiger partial charge in [-0.1, -0.05) is 37.8 Å². The van der Waals surface area contributed by atoms with Crippen LogP contribution >= 0.6 is 0 Å². The van der Waals surface area contributed by atoms with Gasteiger partial charge in [0.25, 0.3) is 0 Å². The normalized spacial score (nSPS) is 17.9. The largest absolute Gasteiger partial charge is 0.497 e. The predicted molar refractivity (Wildman–Crippen MR) is 73.8 cm³/mol. The Morgan fingerprint density at radius 2 is 1.89 bits per heavy atom. The zero-order valence-corrected chi connectivity index (χ0v) is 11.3. The van der Waals surface area contributed by atoms with Crippen molar-refractivity contribution in [3.05, 3.63) is 29.8 Å². The fraction of sp³-hybridized carbons (Fsp3) is 0.625. The van der Waals surface area contributed by atoms with Gasteiger partial charge < -0.3 is 9.84 Å². The highest BCUT2D eigenvalue weighted by molar-refractivity contribution is 5.27. The van der Waals surface area contributed by atoms with Crippen LogP contribution in [0.5, 0.6) is 5.75 Å². The summed E-state index contributed by atoms with van der Waals surface area (Å²) < 4.78 is 5.16. The second-order valence-electron chi connectivity index (χ2n) is 5.49. The lowest BCUT2D eigenvalue weighted by Gasteiger charge is -2.18. The van der Waals surface area contributed by atoms with Gasteiger partial charge in [-0.3, -0.25) is 0 Å². The number of ether oxygens (including phenoxy) is 1. The quantitative estimate of drug-likeness (QED) is 0.835. The van der Waals surface area contributed by atoms with Gasteiger partial charge in [0.15, 0.2) is 0 Å². The van der Waals surface area contributed by atoms with Crippen molar-refractivity contribution < 1.29 is 9.84 Å². The summed E-state index contributed by atoms with van der Waals surface area (Å²) in [5, 5.41) is 9.52. The van der Waals surface area contributed by atoms with Crippen LogP contribution in [0.15, 0.2) is 24.3 Å². The van der Waals surface area contributed by atoms with Crippen molar-refractivity contribution in [2.24, 2.45) is 11.8 Å². The summed E-state index contributed by atoms with van der Waals surface area (Å²) in [6.45, 7) is 0.308. The highest BCUT2D eigenvalue weighted by atomic mass is 16.5. The maximum absolute atomic E-state index is 9.52. The summed E-state index contributed by atoms with van der Waals surface area (Å²) in [5.41, 5.74) is 1.30. The third kappa shape index (κ3) is 3.74. The molecule has 0 heterocycles. The first-order valence-corrected chi connectivity index (χ1v) is 7.05. The summed E-state index contributed by atoms with van der Waals surface area (Å²) >= 11 is 0. The zero-order valence-electron chi connectivity index (χ0n) is 11.3. The Hall–Kier alpha value is -1.02. The third-order valence-electron chi connectivity index (χ3n) is 4.08.